The third-order valence-electron chi connectivity index (χ3n) is 11.1. The van der Waals surface area contributed by atoms with Crippen LogP contribution >= 0.6 is 50.6 Å². The van der Waals surface area contributed by atoms with Gasteiger partial charge in [0.2, 0.25) is 0 Å². The number of halogens is 3. The second-order valence-corrected chi connectivity index (χ2v) is 22.0. The Labute approximate surface area is 421 Å². The first-order chi connectivity index (χ1) is 32.5. The van der Waals surface area contributed by atoms with Crippen molar-refractivity contribution in [2.75, 3.05) is 0 Å². The van der Waals surface area contributed by atoms with E-state index in [-0.39, 0.29) is 17.1 Å². The van der Waals surface area contributed by atoms with Crippen LogP contribution in [0.5, 0.6) is 11.5 Å². The average molecular weight is 1020 g/mol. The average Bonchev–Trinajstić information content (AvgIpc) is 4.13. The van der Waals surface area contributed by atoms with E-state index in [1.165, 1.54) is 31.8 Å². The van der Waals surface area contributed by atoms with Crippen LogP contribution in [0.25, 0.3) is 0 Å². The predicted molar refractivity (Wildman–Crippen MR) is 288 cm³/mol. The van der Waals surface area contributed by atoms with Crippen LogP contribution in [0.15, 0.2) is 267 Å². The molecule has 2 heterocycles. The third kappa shape index (κ3) is 12.1. The summed E-state index contributed by atoms with van der Waals surface area (Å²) in [6.45, 7) is 0. The fourth-order valence-electron chi connectivity index (χ4n) is 8.39. The van der Waals surface area contributed by atoms with Gasteiger partial charge in [0.25, 0.3) is 6.42 Å². The molecule has 0 unspecified atom stereocenters. The maximum atomic E-state index is 6.94. The number of hydrogen-bond acceptors (Lipinski definition) is 3. The summed E-state index contributed by atoms with van der Waals surface area (Å²) in [7, 11) is -2.56. The molecule has 8 aromatic carbocycles. The van der Waals surface area contributed by atoms with Gasteiger partial charge in [0.05, 0.1) is 0 Å². The molecule has 67 heavy (non-hydrogen) atoms. The Balaban J connectivity index is 0.000000202. The van der Waals surface area contributed by atoms with Gasteiger partial charge in [0, 0.05) is 12.4 Å². The molecule has 0 aliphatic heterocycles. The Morgan fingerprint density at radius 1 is 0.373 bits per heavy atom. The molecule has 0 radical (unpaired) electrons. The van der Waals surface area contributed by atoms with Gasteiger partial charge in [-0.25, -0.2) is 10.2 Å². The molecular weight excluding hydrogens is 975 g/mol. The van der Waals surface area contributed by atoms with Gasteiger partial charge < -0.3 is 13.9 Å². The first-order valence-electron chi connectivity index (χ1n) is 21.5. The standard InChI is InChI=1S/C36H28OP2.C18H16BN4.CHCl3.Cu/c1-5-17-29(18-6-1)38(30-19-7-2-8-20-30)35-27-15-13-25-33(35)37-34-26-14-16-28-36(34)39(31-21-9-3-10-22-31)32-23-11-4-12-24-32;1-3-9-17(10-4-1)19(22-15-7-13-20-22,23-16-8-14-21-23)18-11-5-2-6-12-18;2-1(3)4;/h1-28H;1-16H;1H;/q;-1;;+1/p+2. The number of aromatic nitrogens is 4. The summed E-state index contributed by atoms with van der Waals surface area (Å²) in [5, 5.41) is 17.0. The smallest absolute Gasteiger partial charge is 0.449 e. The van der Waals surface area contributed by atoms with Gasteiger partial charge in [-0.3, -0.25) is 0 Å². The van der Waals surface area contributed by atoms with Crippen LogP contribution in [0.1, 0.15) is 0 Å². The van der Waals surface area contributed by atoms with Gasteiger partial charge in [-0.15, -0.1) is 0 Å². The van der Waals surface area contributed by atoms with Crippen LogP contribution in [0.4, 0.5) is 0 Å². The Bertz CT molecular complexity index is 2670. The van der Waals surface area contributed by atoms with Crippen molar-refractivity contribution in [2.24, 2.45) is 0 Å². The number of rotatable bonds is 12. The minimum Gasteiger partial charge on any atom is -0.449 e. The van der Waals surface area contributed by atoms with Crippen molar-refractivity contribution < 1.29 is 21.8 Å². The molecule has 10 rings (SSSR count). The van der Waals surface area contributed by atoms with Crippen LogP contribution < -0.4 is 47.5 Å². The Kier molecular flexibility index (Phi) is 18.3. The molecule has 0 N–H and O–H groups in total. The van der Waals surface area contributed by atoms with Crippen molar-refractivity contribution in [3.8, 4) is 11.5 Å². The Morgan fingerprint density at radius 2 is 0.642 bits per heavy atom. The van der Waals surface area contributed by atoms with Crippen molar-refractivity contribution in [1.82, 2.24) is 19.4 Å². The number of alkyl halides is 3. The molecule has 0 amide bonds. The first kappa shape index (κ1) is 49.2. The van der Waals surface area contributed by atoms with Gasteiger partial charge in [0.1, 0.15) is 47.7 Å². The van der Waals surface area contributed by atoms with E-state index < -0.39 is 26.6 Å². The van der Waals surface area contributed by atoms with E-state index >= 15 is 0 Å². The van der Waals surface area contributed by atoms with Crippen molar-refractivity contribution in [1.29, 1.82) is 0 Å². The zero-order valence-corrected chi connectivity index (χ0v) is 41.4. The monoisotopic (exact) mass is 1020 g/mol. The molecule has 2 aromatic heterocycles. The molecule has 0 saturated heterocycles. The molecule has 0 saturated carbocycles. The summed E-state index contributed by atoms with van der Waals surface area (Å²) < 4.78 is 10.2. The SMILES string of the molecule is ClC(Cl)Cl.[Cu+].c1ccc([B-](c2ccccc2)(n2cccn2)n2cccn2)cc1.c1ccc([PH+](c2ccccc2)c2ccccc2Oc2ccccc2[PH+](c2ccccc2)c2ccccc2)cc1. The second-order valence-electron chi connectivity index (χ2n) is 15.1. The maximum absolute atomic E-state index is 6.94. The number of ether oxygens (including phenoxy) is 1. The van der Waals surface area contributed by atoms with Crippen molar-refractivity contribution in [3.63, 3.8) is 0 Å². The maximum Gasteiger partial charge on any atom is 1.00 e. The van der Waals surface area contributed by atoms with E-state index in [1.54, 1.807) is 0 Å². The zero-order chi connectivity index (χ0) is 45.4. The summed E-state index contributed by atoms with van der Waals surface area (Å²) in [6.07, 6.45) is 6.10. The van der Waals surface area contributed by atoms with E-state index in [0.717, 1.165) is 22.4 Å². The van der Waals surface area contributed by atoms with Gasteiger partial charge in [0.15, 0.2) is 15.8 Å². The minimum atomic E-state index is -1.52. The number of benzene rings is 8. The Hall–Kier alpha value is -5.71. The van der Waals surface area contributed by atoms with Crippen LogP contribution in [0.3, 0.4) is 0 Å². The number of para-hydroxylation sites is 2. The van der Waals surface area contributed by atoms with Crippen LogP contribution in [-0.2, 0) is 17.1 Å². The molecule has 336 valence electrons. The topological polar surface area (TPSA) is 44.9 Å². The molecule has 0 fully saturated rings. The number of hydrogen-bond donors (Lipinski definition) is 0. The van der Waals surface area contributed by atoms with Crippen LogP contribution in [0, 0.1) is 0 Å². The second kappa shape index (κ2) is 24.9. The molecule has 0 aliphatic carbocycles. The molecule has 12 heteroatoms. The third-order valence-corrected chi connectivity index (χ3v) is 16.7. The molecule has 10 aromatic rings. The van der Waals surface area contributed by atoms with E-state index in [1.807, 2.05) is 58.2 Å². The van der Waals surface area contributed by atoms with Crippen molar-refractivity contribution >= 4 is 99.8 Å². The summed E-state index contributed by atoms with van der Waals surface area (Å²) in [5.74, 6) is 1.85. The van der Waals surface area contributed by atoms with Gasteiger partial charge in [-0.05, 0) is 97.3 Å². The fraction of sp³-hybridized carbons (Fsp3) is 0.0182. The van der Waals surface area contributed by atoms with Crippen LogP contribution in [-0.4, -0.2) is 30.1 Å². The molecule has 0 bridgehead atoms. The summed E-state index contributed by atoms with van der Waals surface area (Å²) in [5.41, 5.74) is 2.32. The molecule has 0 spiro atoms. The first-order valence-corrected chi connectivity index (χ1v) is 25.9. The van der Waals surface area contributed by atoms with Gasteiger partial charge in [-0.1, -0.05) is 193 Å². The van der Waals surface area contributed by atoms with Gasteiger partial charge in [-0.2, -0.15) is 10.9 Å². The van der Waals surface area contributed by atoms with E-state index in [0.29, 0.717) is 0 Å². The molecular formula is C55H47BCl3CuN4OP2+2. The minimum absolute atomic E-state index is 0. The summed E-state index contributed by atoms with van der Waals surface area (Å²) in [4.78, 5) is 0. The molecule has 0 aliphatic rings. The quantitative estimate of drug-likeness (QED) is 0.0696. The van der Waals surface area contributed by atoms with E-state index in [9.17, 15) is 0 Å². The zero-order valence-electron chi connectivity index (χ0n) is 36.2. The Morgan fingerprint density at radius 3 is 0.925 bits per heavy atom. The van der Waals surface area contributed by atoms with Crippen molar-refractivity contribution in [3.05, 3.63) is 267 Å². The summed E-state index contributed by atoms with van der Waals surface area (Å²) in [6, 6.07) is 85.3. The molecule has 0 atom stereocenters. The fourth-order valence-corrected chi connectivity index (χ4v) is 13.7. The predicted octanol–water partition coefficient (Wildman–Crippen LogP) is 10.2. The number of nitrogens with zero attached hydrogens (tertiary/aromatic N) is 4. The van der Waals surface area contributed by atoms with E-state index in [2.05, 4.69) is 229 Å². The van der Waals surface area contributed by atoms with E-state index in [4.69, 9.17) is 39.5 Å². The summed E-state index contributed by atoms with van der Waals surface area (Å²) >= 11 is 14.4. The van der Waals surface area contributed by atoms with Crippen molar-refractivity contribution in [2.45, 2.75) is 4.30 Å². The van der Waals surface area contributed by atoms with Gasteiger partial charge >= 0.3 is 17.1 Å². The molecule has 5 nitrogen and oxygen atoms in total. The van der Waals surface area contributed by atoms with Crippen LogP contribution in [0.2, 0.25) is 0 Å². The normalized spacial score (nSPS) is 10.9. The largest absolute Gasteiger partial charge is 1.00 e.